The van der Waals surface area contributed by atoms with Crippen molar-refractivity contribution in [2.75, 3.05) is 0 Å². The van der Waals surface area contributed by atoms with Gasteiger partial charge in [-0.15, -0.1) is 0 Å². The average Bonchev–Trinajstić information content (AvgIpc) is 0.702. The summed E-state index contributed by atoms with van der Waals surface area (Å²) in [5.41, 5.74) is 23.1. The number of fused-ring (bicyclic) bond motifs is 10. The SMILES string of the molecule is CCCCCCc1cccc2c(CNCc3ccc4c5ccc(CNCc6c7cccc(CCCCCC)c7cc7c(CCCCCC)cccc67)c6c(CNCc7c8cccc(CCCCCC)c8cc8c(CCCCCC)cccc78)ccc(c7ccc(CNCc8c9cccc(CCCCCC)c9cc9c(CCCCCC)cccc89)c3c47)c65)c3cccc(CCCCCC)c3cc12. The Hall–Kier alpha value is -10.0. The summed E-state index contributed by atoms with van der Waals surface area (Å²) in [6.45, 7) is 24.7. The summed E-state index contributed by atoms with van der Waals surface area (Å²) >= 11 is 0. The van der Waals surface area contributed by atoms with Crippen molar-refractivity contribution in [2.45, 2.75) is 365 Å². The molecule has 0 aliphatic carbocycles. The molecule has 0 fully saturated rings. The van der Waals surface area contributed by atoms with Gasteiger partial charge in [0.1, 0.15) is 0 Å². The van der Waals surface area contributed by atoms with Gasteiger partial charge in [0.2, 0.25) is 0 Å². The van der Waals surface area contributed by atoms with E-state index in [-0.39, 0.29) is 0 Å². The zero-order chi connectivity index (χ0) is 93.3. The lowest BCUT2D eigenvalue weighted by Crippen LogP contribution is -2.17. The molecule has 0 amide bonds. The lowest BCUT2D eigenvalue weighted by molar-refractivity contribution is 0.668. The number of hydrogen-bond acceptors (Lipinski definition) is 4. The molecule has 0 spiro atoms. The molecule has 0 unspecified atom stereocenters. The first-order valence-electron chi connectivity index (χ1n) is 55.0. The fourth-order valence-electron chi connectivity index (χ4n) is 24.0. The predicted molar refractivity (Wildman–Crippen MR) is 598 cm³/mol. The number of nitrogens with one attached hydrogen (secondary N) is 4. The number of unbranched alkanes of at least 4 members (excludes halogenated alkanes) is 24. The monoisotopic (exact) mass is 1800 g/mol. The maximum Gasteiger partial charge on any atom is 0.0221 e. The van der Waals surface area contributed by atoms with Crippen LogP contribution in [0.2, 0.25) is 0 Å². The molecule has 0 radical (unpaired) electrons. The highest BCUT2D eigenvalue weighted by molar-refractivity contribution is 6.34. The molecule has 136 heavy (non-hydrogen) atoms. The highest BCUT2D eigenvalue weighted by atomic mass is 14.9. The quantitative estimate of drug-likeness (QED) is 0.0174. The highest BCUT2D eigenvalue weighted by Crippen LogP contribution is 2.47. The molecule has 0 atom stereocenters. The van der Waals surface area contributed by atoms with Gasteiger partial charge in [0.05, 0.1) is 0 Å². The minimum absolute atomic E-state index is 0.727. The Kier molecular flexibility index (Phi) is 35.2. The van der Waals surface area contributed by atoms with Gasteiger partial charge >= 0.3 is 0 Å². The fraction of sp³-hybridized carbons (Fsp3) is 0.424. The van der Waals surface area contributed by atoms with Gasteiger partial charge in [0, 0.05) is 52.4 Å². The summed E-state index contributed by atoms with van der Waals surface area (Å²) in [5.74, 6) is 0. The van der Waals surface area contributed by atoms with Crippen LogP contribution in [0.5, 0.6) is 0 Å². The number of hydrogen-bond donors (Lipinski definition) is 4. The number of aryl methyl sites for hydroxylation is 8. The van der Waals surface area contributed by atoms with Crippen LogP contribution in [0.15, 0.2) is 218 Å². The van der Waals surface area contributed by atoms with Crippen LogP contribution in [0.1, 0.15) is 350 Å². The van der Waals surface area contributed by atoms with Crippen molar-refractivity contribution >= 4 is 129 Å². The second-order valence-electron chi connectivity index (χ2n) is 41.0. The zero-order valence-corrected chi connectivity index (χ0v) is 84.7. The van der Waals surface area contributed by atoms with Gasteiger partial charge in [-0.1, -0.05) is 404 Å². The maximum atomic E-state index is 4.31. The predicted octanol–water partition coefficient (Wildman–Crippen LogP) is 37.1. The molecule has 0 heterocycles. The number of benzene rings is 17. The van der Waals surface area contributed by atoms with E-state index in [0.29, 0.717) is 0 Å². The molecule has 17 aromatic carbocycles. The van der Waals surface area contributed by atoms with Crippen LogP contribution in [0.25, 0.3) is 129 Å². The van der Waals surface area contributed by atoms with E-state index in [4.69, 9.17) is 0 Å². The first-order chi connectivity index (χ1) is 67.3. The molecule has 4 N–H and O–H groups in total. The van der Waals surface area contributed by atoms with Crippen molar-refractivity contribution in [3.63, 3.8) is 0 Å². The molecule has 708 valence electrons. The molecule has 0 aliphatic heterocycles. The fourth-order valence-corrected chi connectivity index (χ4v) is 24.0. The Morgan fingerprint density at radius 2 is 0.294 bits per heavy atom. The Morgan fingerprint density at radius 1 is 0.132 bits per heavy atom. The van der Waals surface area contributed by atoms with Crippen LogP contribution in [-0.4, -0.2) is 0 Å². The van der Waals surface area contributed by atoms with Gasteiger partial charge in [-0.2, -0.15) is 0 Å². The van der Waals surface area contributed by atoms with E-state index >= 15 is 0 Å². The van der Waals surface area contributed by atoms with Gasteiger partial charge < -0.3 is 21.3 Å². The third-order valence-electron chi connectivity index (χ3n) is 31.4. The Balaban J connectivity index is 0.811. The van der Waals surface area contributed by atoms with E-state index in [1.165, 1.54) is 424 Å². The Bertz CT molecular complexity index is 5780. The van der Waals surface area contributed by atoms with Crippen LogP contribution >= 0.6 is 0 Å². The first-order valence-corrected chi connectivity index (χ1v) is 55.0. The van der Waals surface area contributed by atoms with Crippen molar-refractivity contribution in [1.29, 1.82) is 0 Å². The molecule has 4 nitrogen and oxygen atoms in total. The van der Waals surface area contributed by atoms with Gasteiger partial charge in [-0.25, -0.2) is 0 Å². The van der Waals surface area contributed by atoms with Gasteiger partial charge in [0.25, 0.3) is 0 Å². The molecular weight excluding hydrogens is 1640 g/mol. The smallest absolute Gasteiger partial charge is 0.0221 e. The standard InChI is InChI=1S/C132H160N4/c1-9-17-25-33-49-93-57-41-65-105-117(93)81-118-94(50-34-26-18-10-2)58-42-66-106(118)125(105)89-133-85-101-73-77-113-115-79-75-103(87-135-91-127-109-69-45-61-97(53-37-29-21-13-5)121(109)83-122-98(54-38-30-22-14-6)62-46-70-110(122)127)130-104(88-136-92-128-111-71-47-63-99(55-39-31-23-15-7)123(111)84-124-100(56-40-32-24-16-8)64-48-72-112(124)128)76-80-116(132(115)130)114-78-74-102(129(101)131(113)114)86-134-90-126-107-67-43-59-95(51-35-27-19-11-3)119(107)82-120-96(52-36-28-20-12-4)60-44-68-108(120)126/h41-48,57-84,133-136H,9-40,49-56,85-92H2,1-8H3. The third-order valence-corrected chi connectivity index (χ3v) is 31.4. The van der Waals surface area contributed by atoms with Crippen molar-refractivity contribution in [1.82, 2.24) is 21.3 Å². The molecule has 0 saturated heterocycles. The lowest BCUT2D eigenvalue weighted by atomic mass is 9.84. The molecule has 0 bridgehead atoms. The van der Waals surface area contributed by atoms with Crippen LogP contribution in [0.4, 0.5) is 0 Å². The van der Waals surface area contributed by atoms with E-state index in [1.807, 2.05) is 0 Å². The summed E-state index contributed by atoms with van der Waals surface area (Å²) in [7, 11) is 0. The minimum Gasteiger partial charge on any atom is -0.309 e. The van der Waals surface area contributed by atoms with Crippen LogP contribution < -0.4 is 21.3 Å². The molecule has 17 aromatic rings. The molecule has 0 aromatic heterocycles. The molecule has 4 heteroatoms. The summed E-state index contributed by atoms with van der Waals surface area (Å²) in [6.07, 6.45) is 49.2. The largest absolute Gasteiger partial charge is 0.309 e. The summed E-state index contributed by atoms with van der Waals surface area (Å²) in [4.78, 5) is 0. The zero-order valence-electron chi connectivity index (χ0n) is 84.7. The van der Waals surface area contributed by atoms with Gasteiger partial charge in [0.15, 0.2) is 0 Å². The van der Waals surface area contributed by atoms with E-state index in [2.05, 4.69) is 295 Å². The van der Waals surface area contributed by atoms with E-state index < -0.39 is 0 Å². The van der Waals surface area contributed by atoms with Crippen LogP contribution in [0, 0.1) is 0 Å². The van der Waals surface area contributed by atoms with Crippen LogP contribution in [-0.2, 0) is 104 Å². The highest BCUT2D eigenvalue weighted by Gasteiger charge is 2.25. The normalized spacial score (nSPS) is 12.2. The van der Waals surface area contributed by atoms with Crippen molar-refractivity contribution in [3.05, 3.63) is 307 Å². The van der Waals surface area contributed by atoms with E-state index in [9.17, 15) is 0 Å². The lowest BCUT2D eigenvalue weighted by Gasteiger charge is -2.23. The van der Waals surface area contributed by atoms with E-state index in [1.54, 1.807) is 0 Å². The Morgan fingerprint density at radius 3 is 0.449 bits per heavy atom. The maximum absolute atomic E-state index is 4.31. The summed E-state index contributed by atoms with van der Waals surface area (Å²) in [5, 5.41) is 50.9. The third kappa shape index (κ3) is 22.3. The van der Waals surface area contributed by atoms with Crippen LogP contribution in [0.3, 0.4) is 0 Å². The molecule has 0 aliphatic rings. The van der Waals surface area contributed by atoms with Gasteiger partial charge in [-0.05, 0) is 345 Å². The summed E-state index contributed by atoms with van der Waals surface area (Å²) < 4.78 is 0. The molecular formula is C132H160N4. The van der Waals surface area contributed by atoms with Gasteiger partial charge in [-0.3, -0.25) is 0 Å². The second-order valence-corrected chi connectivity index (χ2v) is 41.0. The topological polar surface area (TPSA) is 48.1 Å². The van der Waals surface area contributed by atoms with Crippen molar-refractivity contribution < 1.29 is 0 Å². The molecule has 17 rings (SSSR count). The molecule has 0 saturated carbocycles. The van der Waals surface area contributed by atoms with Crippen molar-refractivity contribution in [2.24, 2.45) is 0 Å². The second kappa shape index (κ2) is 49.0. The van der Waals surface area contributed by atoms with Crippen molar-refractivity contribution in [3.8, 4) is 0 Å². The number of rotatable bonds is 56. The summed E-state index contributed by atoms with van der Waals surface area (Å²) in [6, 6.07) is 88.8. The average molecular weight is 1800 g/mol. The Labute approximate surface area is 816 Å². The minimum atomic E-state index is 0.727. The van der Waals surface area contributed by atoms with E-state index in [0.717, 1.165) is 104 Å². The first kappa shape index (κ1) is 97.6.